The third kappa shape index (κ3) is 4.89. The highest BCUT2D eigenvalue weighted by molar-refractivity contribution is 6.74. The van der Waals surface area contributed by atoms with Crippen LogP contribution in [-0.2, 0) is 20.4 Å². The van der Waals surface area contributed by atoms with E-state index in [1.165, 1.54) is 5.56 Å². The van der Waals surface area contributed by atoms with E-state index in [1.54, 1.807) is 0 Å². The average molecular weight is 401 g/mol. The molecule has 0 aromatic heterocycles. The highest BCUT2D eigenvalue weighted by Gasteiger charge is 2.48. The summed E-state index contributed by atoms with van der Waals surface area (Å²) in [5.74, 6) is 1.75. The molecule has 1 aliphatic heterocycles. The molecule has 0 bridgehead atoms. The van der Waals surface area contributed by atoms with Crippen molar-refractivity contribution in [3.05, 3.63) is 47.7 Å². The van der Waals surface area contributed by atoms with Crippen molar-refractivity contribution in [3.8, 4) is 0 Å². The number of benzene rings is 1. The monoisotopic (exact) mass is 400 g/mol. The first-order valence-electron chi connectivity index (χ1n) is 10.8. The molecule has 1 aromatic carbocycles. The molecule has 154 valence electrons. The SMILES string of the molecule is CC(C)(C)[Si](C)(C)OC(=CCCCc1ccccc1)[C@@H]1CCC2OC(=O)C[C@H]21. The second kappa shape index (κ2) is 8.44. The number of fused-ring (bicyclic) bond motifs is 1. The van der Waals surface area contributed by atoms with Gasteiger partial charge in [-0.05, 0) is 61.9 Å². The van der Waals surface area contributed by atoms with Crippen LogP contribution in [-0.4, -0.2) is 20.4 Å². The maximum absolute atomic E-state index is 11.8. The normalized spacial score (nSPS) is 25.5. The minimum absolute atomic E-state index is 0.0320. The van der Waals surface area contributed by atoms with Gasteiger partial charge in [-0.15, -0.1) is 0 Å². The lowest BCUT2D eigenvalue weighted by molar-refractivity contribution is -0.141. The fourth-order valence-corrected chi connectivity index (χ4v) is 5.26. The van der Waals surface area contributed by atoms with Crippen LogP contribution >= 0.6 is 0 Å². The summed E-state index contributed by atoms with van der Waals surface area (Å²) < 4.78 is 12.4. The van der Waals surface area contributed by atoms with Crippen LogP contribution in [0.3, 0.4) is 0 Å². The lowest BCUT2D eigenvalue weighted by atomic mass is 9.91. The first kappa shape index (κ1) is 21.2. The Kier molecular flexibility index (Phi) is 6.38. The Hall–Kier alpha value is -1.55. The number of ether oxygens (including phenoxy) is 1. The number of aryl methyl sites for hydroxylation is 1. The van der Waals surface area contributed by atoms with Crippen LogP contribution in [0.25, 0.3) is 0 Å². The number of carbonyl (C=O) groups is 1. The lowest BCUT2D eigenvalue weighted by Crippen LogP contribution is -2.41. The Labute approximate surface area is 171 Å². The molecule has 2 fully saturated rings. The van der Waals surface area contributed by atoms with Crippen molar-refractivity contribution < 1.29 is 14.0 Å². The van der Waals surface area contributed by atoms with E-state index in [0.717, 1.165) is 37.9 Å². The molecule has 4 heteroatoms. The van der Waals surface area contributed by atoms with Crippen LogP contribution in [0.1, 0.15) is 58.4 Å². The Morgan fingerprint density at radius 1 is 1.21 bits per heavy atom. The van der Waals surface area contributed by atoms with E-state index in [2.05, 4.69) is 70.3 Å². The van der Waals surface area contributed by atoms with Crippen molar-refractivity contribution in [3.63, 3.8) is 0 Å². The standard InChI is InChI=1S/C24H36O3Si/c1-24(2,3)28(4,5)27-22(14-10-9-13-18-11-7-6-8-12-18)19-15-16-21-20(19)17-23(25)26-21/h6-8,11-12,14,19-21H,9-10,13,15-17H2,1-5H3/t19-,20+,21?/m1/s1. The number of allylic oxidation sites excluding steroid dienone is 2. The van der Waals surface area contributed by atoms with Crippen LogP contribution in [0.15, 0.2) is 42.2 Å². The van der Waals surface area contributed by atoms with Crippen molar-refractivity contribution >= 4 is 14.3 Å². The molecule has 2 aliphatic rings. The van der Waals surface area contributed by atoms with Gasteiger partial charge in [-0.1, -0.05) is 51.1 Å². The van der Waals surface area contributed by atoms with Gasteiger partial charge >= 0.3 is 5.97 Å². The van der Waals surface area contributed by atoms with Gasteiger partial charge in [0.1, 0.15) is 6.10 Å². The van der Waals surface area contributed by atoms with E-state index in [4.69, 9.17) is 9.16 Å². The summed E-state index contributed by atoms with van der Waals surface area (Å²) in [5, 5.41) is 0.163. The van der Waals surface area contributed by atoms with Crippen molar-refractivity contribution in [2.45, 2.75) is 83.5 Å². The van der Waals surface area contributed by atoms with Gasteiger partial charge in [0.05, 0.1) is 12.2 Å². The molecule has 1 aliphatic carbocycles. The largest absolute Gasteiger partial charge is 0.547 e. The van der Waals surface area contributed by atoms with Crippen LogP contribution in [0.2, 0.25) is 18.1 Å². The van der Waals surface area contributed by atoms with Gasteiger partial charge in [0.25, 0.3) is 0 Å². The van der Waals surface area contributed by atoms with Gasteiger partial charge in [0, 0.05) is 11.8 Å². The average Bonchev–Trinajstić information content (AvgIpc) is 3.16. The number of hydrogen-bond donors (Lipinski definition) is 0. The van der Waals surface area contributed by atoms with Gasteiger partial charge < -0.3 is 9.16 Å². The van der Waals surface area contributed by atoms with Gasteiger partial charge in [-0.3, -0.25) is 4.79 Å². The van der Waals surface area contributed by atoms with Crippen molar-refractivity contribution in [1.82, 2.24) is 0 Å². The van der Waals surface area contributed by atoms with Crippen LogP contribution in [0.5, 0.6) is 0 Å². The Balaban J connectivity index is 1.71. The maximum atomic E-state index is 11.8. The molecular formula is C24H36O3Si. The van der Waals surface area contributed by atoms with Gasteiger partial charge in [-0.2, -0.15) is 0 Å². The Morgan fingerprint density at radius 3 is 2.61 bits per heavy atom. The lowest BCUT2D eigenvalue weighted by Gasteiger charge is -2.39. The van der Waals surface area contributed by atoms with Crippen molar-refractivity contribution in [1.29, 1.82) is 0 Å². The first-order chi connectivity index (χ1) is 13.2. The molecule has 1 saturated heterocycles. The van der Waals surface area contributed by atoms with E-state index in [9.17, 15) is 4.79 Å². The van der Waals surface area contributed by atoms with Crippen LogP contribution < -0.4 is 0 Å². The number of hydrogen-bond acceptors (Lipinski definition) is 3. The summed E-state index contributed by atoms with van der Waals surface area (Å²) in [6.45, 7) is 11.5. The molecule has 3 rings (SSSR count). The van der Waals surface area contributed by atoms with Crippen molar-refractivity contribution in [2.75, 3.05) is 0 Å². The molecule has 1 aromatic rings. The second-order valence-corrected chi connectivity index (χ2v) is 14.7. The molecule has 0 N–H and O–H groups in total. The molecule has 1 heterocycles. The molecule has 1 unspecified atom stereocenters. The zero-order valence-electron chi connectivity index (χ0n) is 18.2. The zero-order chi connectivity index (χ0) is 20.4. The van der Waals surface area contributed by atoms with E-state index < -0.39 is 8.32 Å². The second-order valence-electron chi connectivity index (χ2n) is 9.93. The highest BCUT2D eigenvalue weighted by atomic mass is 28.4. The third-order valence-corrected chi connectivity index (χ3v) is 11.2. The minimum atomic E-state index is -1.91. The zero-order valence-corrected chi connectivity index (χ0v) is 19.2. The number of carbonyl (C=O) groups excluding carboxylic acids is 1. The molecule has 0 amide bonds. The van der Waals surface area contributed by atoms with E-state index in [-0.39, 0.29) is 17.1 Å². The smallest absolute Gasteiger partial charge is 0.306 e. The summed E-state index contributed by atoms with van der Waals surface area (Å²) in [6, 6.07) is 10.7. The topological polar surface area (TPSA) is 35.5 Å². The van der Waals surface area contributed by atoms with E-state index >= 15 is 0 Å². The molecule has 1 saturated carbocycles. The Bertz CT molecular complexity index is 702. The van der Waals surface area contributed by atoms with Crippen LogP contribution in [0.4, 0.5) is 0 Å². The molecule has 0 radical (unpaired) electrons. The summed E-state index contributed by atoms with van der Waals surface area (Å²) in [6.07, 6.45) is 8.25. The molecular weight excluding hydrogens is 364 g/mol. The predicted octanol–water partition coefficient (Wildman–Crippen LogP) is 6.26. The van der Waals surface area contributed by atoms with Gasteiger partial charge in [-0.25, -0.2) is 0 Å². The minimum Gasteiger partial charge on any atom is -0.547 e. The van der Waals surface area contributed by atoms with Crippen LogP contribution in [0, 0.1) is 11.8 Å². The number of rotatable bonds is 7. The summed E-state index contributed by atoms with van der Waals surface area (Å²) in [5.41, 5.74) is 1.39. The number of esters is 1. The molecule has 3 atom stereocenters. The number of unbranched alkanes of at least 4 members (excludes halogenated alkanes) is 1. The van der Waals surface area contributed by atoms with Gasteiger partial charge in [0.15, 0.2) is 0 Å². The van der Waals surface area contributed by atoms with E-state index in [1.807, 2.05) is 0 Å². The van der Waals surface area contributed by atoms with E-state index in [0.29, 0.717) is 18.3 Å². The molecule has 3 nitrogen and oxygen atoms in total. The molecule has 28 heavy (non-hydrogen) atoms. The first-order valence-corrected chi connectivity index (χ1v) is 13.7. The fraction of sp³-hybridized carbons (Fsp3) is 0.625. The quantitative estimate of drug-likeness (QED) is 0.235. The van der Waals surface area contributed by atoms with Crippen molar-refractivity contribution in [2.24, 2.45) is 11.8 Å². The summed E-state index contributed by atoms with van der Waals surface area (Å²) in [7, 11) is -1.91. The third-order valence-electron chi connectivity index (χ3n) is 6.84. The Morgan fingerprint density at radius 2 is 1.93 bits per heavy atom. The summed E-state index contributed by atoms with van der Waals surface area (Å²) in [4.78, 5) is 11.8. The summed E-state index contributed by atoms with van der Waals surface area (Å²) >= 11 is 0. The van der Waals surface area contributed by atoms with Gasteiger partial charge in [0.2, 0.25) is 8.32 Å². The maximum Gasteiger partial charge on any atom is 0.306 e. The highest BCUT2D eigenvalue weighted by Crippen LogP contribution is 2.47. The molecule has 0 spiro atoms. The predicted molar refractivity (Wildman–Crippen MR) is 116 cm³/mol. The fourth-order valence-electron chi connectivity index (χ4n) is 4.13.